The van der Waals surface area contributed by atoms with Crippen LogP contribution >= 0.6 is 0 Å². The molecule has 0 saturated heterocycles. The number of nitrogens with one attached hydrogen (secondary N) is 1. The van der Waals surface area contributed by atoms with E-state index in [1.807, 2.05) is 0 Å². The van der Waals surface area contributed by atoms with E-state index < -0.39 is 5.97 Å². The number of nitrogens with zero attached hydrogens (tertiary/aromatic N) is 1. The van der Waals surface area contributed by atoms with E-state index in [0.717, 1.165) is 0 Å². The number of carbonyl (C=O) groups excluding carboxylic acids is 2. The average molecular weight is 266 g/mol. The van der Waals surface area contributed by atoms with Gasteiger partial charge in [0.2, 0.25) is 0 Å². The molecule has 0 aromatic carbocycles. The van der Waals surface area contributed by atoms with Crippen LogP contribution in [0.2, 0.25) is 0 Å². The minimum absolute atomic E-state index is 0.221. The van der Waals surface area contributed by atoms with Gasteiger partial charge in [-0.05, 0) is 19.4 Å². The summed E-state index contributed by atoms with van der Waals surface area (Å²) >= 11 is 0. The third-order valence-corrected chi connectivity index (χ3v) is 2.37. The van der Waals surface area contributed by atoms with Crippen LogP contribution in [-0.4, -0.2) is 43.7 Å². The molecule has 0 spiro atoms. The predicted molar refractivity (Wildman–Crippen MR) is 69.0 cm³/mol. The molecular formula is C13H18N2O4. The number of hydrogen-bond acceptors (Lipinski definition) is 5. The van der Waals surface area contributed by atoms with E-state index in [1.54, 1.807) is 14.0 Å². The van der Waals surface area contributed by atoms with Gasteiger partial charge in [-0.25, -0.2) is 4.79 Å². The van der Waals surface area contributed by atoms with Gasteiger partial charge in [0.15, 0.2) is 0 Å². The second-order valence-electron chi connectivity index (χ2n) is 3.74. The first-order chi connectivity index (χ1) is 9.20. The lowest BCUT2D eigenvalue weighted by Gasteiger charge is -2.08. The third kappa shape index (κ3) is 4.67. The summed E-state index contributed by atoms with van der Waals surface area (Å²) in [5.74, 6) is -0.862. The zero-order chi connectivity index (χ0) is 14.1. The lowest BCUT2D eigenvalue weighted by Crippen LogP contribution is -2.27. The molecule has 104 valence electrons. The van der Waals surface area contributed by atoms with Crippen molar-refractivity contribution in [3.8, 4) is 0 Å². The van der Waals surface area contributed by atoms with Crippen molar-refractivity contribution in [2.45, 2.75) is 13.3 Å². The molecular weight excluding hydrogens is 248 g/mol. The van der Waals surface area contributed by atoms with Crippen LogP contribution in [0.25, 0.3) is 0 Å². The summed E-state index contributed by atoms with van der Waals surface area (Å²) in [5.41, 5.74) is 0.444. The molecule has 1 amide bonds. The number of methoxy groups -OCH3 is 1. The molecule has 0 unspecified atom stereocenters. The molecule has 6 nitrogen and oxygen atoms in total. The number of rotatable bonds is 7. The zero-order valence-corrected chi connectivity index (χ0v) is 11.1. The number of aromatic nitrogens is 1. The second kappa shape index (κ2) is 8.20. The van der Waals surface area contributed by atoms with Gasteiger partial charge in [-0.15, -0.1) is 0 Å². The Morgan fingerprint density at radius 1 is 1.37 bits per heavy atom. The maximum absolute atomic E-state index is 11.9. The Balaban J connectivity index is 2.71. The first-order valence-electron chi connectivity index (χ1n) is 6.09. The van der Waals surface area contributed by atoms with Gasteiger partial charge in [-0.2, -0.15) is 0 Å². The molecule has 0 atom stereocenters. The largest absolute Gasteiger partial charge is 0.462 e. The molecule has 0 aliphatic carbocycles. The molecule has 1 aromatic heterocycles. The second-order valence-corrected chi connectivity index (χ2v) is 3.74. The van der Waals surface area contributed by atoms with E-state index in [4.69, 9.17) is 9.47 Å². The van der Waals surface area contributed by atoms with Gasteiger partial charge < -0.3 is 14.8 Å². The Kier molecular flexibility index (Phi) is 6.52. The molecule has 0 fully saturated rings. The summed E-state index contributed by atoms with van der Waals surface area (Å²) in [7, 11) is 1.60. The maximum Gasteiger partial charge on any atom is 0.339 e. The summed E-state index contributed by atoms with van der Waals surface area (Å²) in [4.78, 5) is 27.5. The SMILES string of the molecule is CCOC(=O)c1ccncc1C(=O)NCCCOC. The molecule has 0 bridgehead atoms. The van der Waals surface area contributed by atoms with Gasteiger partial charge in [0.05, 0.1) is 17.7 Å². The monoisotopic (exact) mass is 266 g/mol. The Labute approximate surface area is 112 Å². The fraction of sp³-hybridized carbons (Fsp3) is 0.462. The highest BCUT2D eigenvalue weighted by molar-refractivity contribution is 6.05. The van der Waals surface area contributed by atoms with Crippen LogP contribution in [0.1, 0.15) is 34.1 Å². The number of amides is 1. The summed E-state index contributed by atoms with van der Waals surface area (Å²) < 4.78 is 9.78. The third-order valence-electron chi connectivity index (χ3n) is 2.37. The average Bonchev–Trinajstić information content (AvgIpc) is 2.43. The molecule has 0 radical (unpaired) electrons. The highest BCUT2D eigenvalue weighted by atomic mass is 16.5. The van der Waals surface area contributed by atoms with E-state index in [9.17, 15) is 9.59 Å². The summed E-state index contributed by atoms with van der Waals surface area (Å²) in [5, 5.41) is 2.70. The lowest BCUT2D eigenvalue weighted by atomic mass is 10.1. The maximum atomic E-state index is 11.9. The minimum Gasteiger partial charge on any atom is -0.462 e. The van der Waals surface area contributed by atoms with Crippen molar-refractivity contribution in [1.29, 1.82) is 0 Å². The first kappa shape index (κ1) is 15.1. The lowest BCUT2D eigenvalue weighted by molar-refractivity contribution is 0.0522. The standard InChI is InChI=1S/C13H18N2O4/c1-3-19-13(17)10-5-7-14-9-11(10)12(16)15-6-4-8-18-2/h5,7,9H,3-4,6,8H2,1-2H3,(H,15,16). The smallest absolute Gasteiger partial charge is 0.339 e. The number of carbonyl (C=O) groups is 2. The van der Waals surface area contributed by atoms with Gasteiger partial charge in [-0.1, -0.05) is 0 Å². The molecule has 1 heterocycles. The van der Waals surface area contributed by atoms with Gasteiger partial charge >= 0.3 is 5.97 Å². The number of hydrogen-bond donors (Lipinski definition) is 1. The van der Waals surface area contributed by atoms with E-state index >= 15 is 0 Å². The molecule has 0 aliphatic rings. The predicted octanol–water partition coefficient (Wildman–Crippen LogP) is 1.02. The molecule has 0 saturated carbocycles. The van der Waals surface area contributed by atoms with Crippen LogP contribution < -0.4 is 5.32 Å². The van der Waals surface area contributed by atoms with Crippen molar-refractivity contribution in [2.75, 3.05) is 26.9 Å². The topological polar surface area (TPSA) is 77.5 Å². The highest BCUT2D eigenvalue weighted by Gasteiger charge is 2.17. The van der Waals surface area contributed by atoms with E-state index in [1.165, 1.54) is 18.5 Å². The summed E-state index contributed by atoms with van der Waals surface area (Å²) in [6, 6.07) is 1.47. The molecule has 0 aliphatic heterocycles. The molecule has 1 aromatic rings. The summed E-state index contributed by atoms with van der Waals surface area (Å²) in [6.45, 7) is 3.02. The van der Waals surface area contributed by atoms with Crippen molar-refractivity contribution in [3.05, 3.63) is 29.6 Å². The van der Waals surface area contributed by atoms with Crippen molar-refractivity contribution in [1.82, 2.24) is 10.3 Å². The zero-order valence-electron chi connectivity index (χ0n) is 11.1. The van der Waals surface area contributed by atoms with E-state index in [2.05, 4.69) is 10.3 Å². The van der Waals surface area contributed by atoms with Gasteiger partial charge in [-0.3, -0.25) is 9.78 Å². The molecule has 1 N–H and O–H groups in total. The number of pyridine rings is 1. The Morgan fingerprint density at radius 2 is 2.16 bits per heavy atom. The highest BCUT2D eigenvalue weighted by Crippen LogP contribution is 2.08. The van der Waals surface area contributed by atoms with Crippen LogP contribution in [0.4, 0.5) is 0 Å². The van der Waals surface area contributed by atoms with Crippen molar-refractivity contribution >= 4 is 11.9 Å². The Hall–Kier alpha value is -1.95. The number of ether oxygens (including phenoxy) is 2. The van der Waals surface area contributed by atoms with Crippen LogP contribution in [0, 0.1) is 0 Å². The molecule has 1 rings (SSSR count). The van der Waals surface area contributed by atoms with Crippen LogP contribution in [-0.2, 0) is 9.47 Å². The fourth-order valence-corrected chi connectivity index (χ4v) is 1.48. The first-order valence-corrected chi connectivity index (χ1v) is 6.09. The van der Waals surface area contributed by atoms with Crippen molar-refractivity contribution in [2.24, 2.45) is 0 Å². The minimum atomic E-state index is -0.521. The Morgan fingerprint density at radius 3 is 2.84 bits per heavy atom. The van der Waals surface area contributed by atoms with Gasteiger partial charge in [0.25, 0.3) is 5.91 Å². The van der Waals surface area contributed by atoms with E-state index in [-0.39, 0.29) is 23.6 Å². The molecule has 19 heavy (non-hydrogen) atoms. The van der Waals surface area contributed by atoms with Crippen LogP contribution in [0.15, 0.2) is 18.5 Å². The fourth-order valence-electron chi connectivity index (χ4n) is 1.48. The van der Waals surface area contributed by atoms with Gasteiger partial charge in [0.1, 0.15) is 0 Å². The molecule has 6 heteroatoms. The normalized spacial score (nSPS) is 10.0. The van der Waals surface area contributed by atoms with Crippen molar-refractivity contribution < 1.29 is 19.1 Å². The quantitative estimate of drug-likeness (QED) is 0.589. The van der Waals surface area contributed by atoms with E-state index in [0.29, 0.717) is 19.6 Å². The number of esters is 1. The van der Waals surface area contributed by atoms with Crippen molar-refractivity contribution in [3.63, 3.8) is 0 Å². The summed E-state index contributed by atoms with van der Waals surface area (Å²) in [6.07, 6.45) is 3.52. The Bertz CT molecular complexity index is 434. The van der Waals surface area contributed by atoms with Crippen LogP contribution in [0.5, 0.6) is 0 Å². The van der Waals surface area contributed by atoms with Crippen LogP contribution in [0.3, 0.4) is 0 Å². The van der Waals surface area contributed by atoms with Gasteiger partial charge in [0, 0.05) is 32.7 Å².